The quantitative estimate of drug-likeness (QED) is 0.564. The number of nitro benzene ring substituents is 1. The summed E-state index contributed by atoms with van der Waals surface area (Å²) >= 11 is 0. The van der Waals surface area contributed by atoms with Gasteiger partial charge >= 0.3 is 5.69 Å². The number of aliphatic hydroxyl groups is 1. The number of ether oxygens (including phenoxy) is 1. The first-order valence-corrected chi connectivity index (χ1v) is 6.75. The first-order chi connectivity index (χ1) is 9.43. The maximum Gasteiger partial charge on any atom is 0.311 e. The van der Waals surface area contributed by atoms with Crippen LogP contribution in [0.3, 0.4) is 0 Å². The molecule has 0 aliphatic heterocycles. The lowest BCUT2D eigenvalue weighted by Gasteiger charge is -2.12. The van der Waals surface area contributed by atoms with Crippen LogP contribution in [0.25, 0.3) is 0 Å². The minimum Gasteiger partial charge on any atom is -0.484 e. The normalized spacial score (nSPS) is 12.4. The van der Waals surface area contributed by atoms with Crippen molar-refractivity contribution < 1.29 is 14.8 Å². The van der Waals surface area contributed by atoms with Gasteiger partial charge in [0.05, 0.1) is 11.0 Å². The predicted molar refractivity (Wildman–Crippen MR) is 76.9 cm³/mol. The van der Waals surface area contributed by atoms with E-state index in [1.807, 2.05) is 20.8 Å². The van der Waals surface area contributed by atoms with Crippen molar-refractivity contribution in [3.8, 4) is 5.75 Å². The van der Waals surface area contributed by atoms with Crippen molar-refractivity contribution in [3.05, 3.63) is 33.9 Å². The molecule has 6 nitrogen and oxygen atoms in total. The van der Waals surface area contributed by atoms with Gasteiger partial charge in [-0.25, -0.2) is 0 Å². The van der Waals surface area contributed by atoms with E-state index in [-0.39, 0.29) is 18.0 Å². The Bertz CT molecular complexity index is 449. The van der Waals surface area contributed by atoms with E-state index in [4.69, 9.17) is 4.74 Å². The zero-order valence-corrected chi connectivity index (χ0v) is 12.1. The van der Waals surface area contributed by atoms with Gasteiger partial charge < -0.3 is 15.2 Å². The average Bonchev–Trinajstić information content (AvgIpc) is 2.42. The molecular formula is C14H22N2O4. The molecule has 1 atom stereocenters. The Morgan fingerprint density at radius 2 is 2.15 bits per heavy atom. The summed E-state index contributed by atoms with van der Waals surface area (Å²) in [5.74, 6) is 0.191. The van der Waals surface area contributed by atoms with Crippen molar-refractivity contribution in [1.29, 1.82) is 0 Å². The largest absolute Gasteiger partial charge is 0.484 e. The highest BCUT2D eigenvalue weighted by atomic mass is 16.6. The molecule has 0 saturated heterocycles. The molecule has 0 bridgehead atoms. The van der Waals surface area contributed by atoms with Gasteiger partial charge in [0.15, 0.2) is 5.75 Å². The maximum atomic E-state index is 11.1. The van der Waals surface area contributed by atoms with Crippen LogP contribution in [-0.2, 0) is 6.54 Å². The third-order valence-electron chi connectivity index (χ3n) is 2.84. The van der Waals surface area contributed by atoms with Gasteiger partial charge in [-0.2, -0.15) is 0 Å². The van der Waals surface area contributed by atoms with Gasteiger partial charge in [-0.1, -0.05) is 26.8 Å². The molecule has 0 aromatic heterocycles. The standard InChI is InChI=1S/C14H22N2O4/c1-4-12(17)9-20-14-6-5-11(8-15-10(2)3)7-13(14)16(18)19/h5-7,10,12,15,17H,4,8-9H2,1-3H3. The molecule has 0 heterocycles. The third kappa shape index (κ3) is 5.14. The van der Waals surface area contributed by atoms with Gasteiger partial charge in [-0.3, -0.25) is 10.1 Å². The van der Waals surface area contributed by atoms with Gasteiger partial charge in [-0.15, -0.1) is 0 Å². The van der Waals surface area contributed by atoms with Gasteiger partial charge in [0.1, 0.15) is 6.61 Å². The zero-order chi connectivity index (χ0) is 15.1. The highest BCUT2D eigenvalue weighted by molar-refractivity contribution is 5.48. The molecular weight excluding hydrogens is 260 g/mol. The zero-order valence-electron chi connectivity index (χ0n) is 12.1. The maximum absolute atomic E-state index is 11.1. The second-order valence-corrected chi connectivity index (χ2v) is 4.97. The number of benzene rings is 1. The molecule has 112 valence electrons. The van der Waals surface area contributed by atoms with Gasteiger partial charge in [-0.05, 0) is 18.1 Å². The van der Waals surface area contributed by atoms with Crippen LogP contribution in [0.5, 0.6) is 5.75 Å². The highest BCUT2D eigenvalue weighted by Gasteiger charge is 2.17. The summed E-state index contributed by atoms with van der Waals surface area (Å²) in [5, 5.41) is 23.7. The molecule has 20 heavy (non-hydrogen) atoms. The van der Waals surface area contributed by atoms with Crippen molar-refractivity contribution in [1.82, 2.24) is 5.32 Å². The van der Waals surface area contributed by atoms with E-state index in [1.54, 1.807) is 12.1 Å². The Hall–Kier alpha value is -1.66. The van der Waals surface area contributed by atoms with Crippen LogP contribution in [0.4, 0.5) is 5.69 Å². The van der Waals surface area contributed by atoms with Crippen molar-refractivity contribution >= 4 is 5.69 Å². The summed E-state index contributed by atoms with van der Waals surface area (Å²) in [5.41, 5.74) is 0.755. The summed E-state index contributed by atoms with van der Waals surface area (Å²) in [4.78, 5) is 10.6. The molecule has 1 unspecified atom stereocenters. The summed E-state index contributed by atoms with van der Waals surface area (Å²) in [6, 6.07) is 5.18. The molecule has 6 heteroatoms. The summed E-state index contributed by atoms with van der Waals surface area (Å²) in [7, 11) is 0. The first kappa shape index (κ1) is 16.4. The van der Waals surface area contributed by atoms with Gasteiger partial charge in [0, 0.05) is 18.7 Å². The fourth-order valence-corrected chi connectivity index (χ4v) is 1.56. The minimum absolute atomic E-state index is 0.0565. The molecule has 1 aromatic rings. The smallest absolute Gasteiger partial charge is 0.311 e. The van der Waals surface area contributed by atoms with E-state index in [0.717, 1.165) is 5.56 Å². The van der Waals surface area contributed by atoms with Gasteiger partial charge in [0.2, 0.25) is 0 Å². The van der Waals surface area contributed by atoms with E-state index in [0.29, 0.717) is 19.0 Å². The Kier molecular flexibility index (Phi) is 6.41. The molecule has 2 N–H and O–H groups in total. The van der Waals surface area contributed by atoms with E-state index in [1.165, 1.54) is 6.07 Å². The van der Waals surface area contributed by atoms with Crippen molar-refractivity contribution in [2.24, 2.45) is 0 Å². The number of rotatable bonds is 8. The average molecular weight is 282 g/mol. The molecule has 1 aromatic carbocycles. The van der Waals surface area contributed by atoms with E-state index >= 15 is 0 Å². The van der Waals surface area contributed by atoms with Crippen LogP contribution < -0.4 is 10.1 Å². The summed E-state index contributed by atoms with van der Waals surface area (Å²) in [6.07, 6.45) is -0.0682. The number of aliphatic hydroxyl groups excluding tert-OH is 1. The summed E-state index contributed by atoms with van der Waals surface area (Å²) in [6.45, 7) is 6.47. The first-order valence-electron chi connectivity index (χ1n) is 6.75. The van der Waals surface area contributed by atoms with E-state index in [2.05, 4.69) is 5.32 Å². The predicted octanol–water partition coefficient (Wildman–Crippen LogP) is 2.24. The van der Waals surface area contributed by atoms with Crippen molar-refractivity contribution in [2.45, 2.75) is 45.9 Å². The number of nitro groups is 1. The van der Waals surface area contributed by atoms with Gasteiger partial charge in [0.25, 0.3) is 0 Å². The molecule has 0 amide bonds. The third-order valence-corrected chi connectivity index (χ3v) is 2.84. The number of hydrogen-bond acceptors (Lipinski definition) is 5. The highest BCUT2D eigenvalue weighted by Crippen LogP contribution is 2.28. The van der Waals surface area contributed by atoms with Crippen molar-refractivity contribution in [2.75, 3.05) is 6.61 Å². The molecule has 0 fully saturated rings. The number of nitrogens with one attached hydrogen (secondary N) is 1. The van der Waals surface area contributed by atoms with Crippen LogP contribution in [0.2, 0.25) is 0 Å². The second-order valence-electron chi connectivity index (χ2n) is 4.97. The Morgan fingerprint density at radius 1 is 1.45 bits per heavy atom. The Labute approximate surface area is 118 Å². The minimum atomic E-state index is -0.614. The molecule has 0 spiro atoms. The van der Waals surface area contributed by atoms with Crippen molar-refractivity contribution in [3.63, 3.8) is 0 Å². The fraction of sp³-hybridized carbons (Fsp3) is 0.571. The van der Waals surface area contributed by atoms with Crippen LogP contribution in [0.15, 0.2) is 18.2 Å². The lowest BCUT2D eigenvalue weighted by Crippen LogP contribution is -2.22. The van der Waals surface area contributed by atoms with Crippen LogP contribution in [-0.4, -0.2) is 28.8 Å². The Morgan fingerprint density at radius 3 is 2.70 bits per heavy atom. The van der Waals surface area contributed by atoms with Crippen LogP contribution in [0.1, 0.15) is 32.8 Å². The fourth-order valence-electron chi connectivity index (χ4n) is 1.56. The Balaban J connectivity index is 2.82. The van der Waals surface area contributed by atoms with E-state index in [9.17, 15) is 15.2 Å². The number of nitrogens with zero attached hydrogens (tertiary/aromatic N) is 1. The topological polar surface area (TPSA) is 84.6 Å². The molecule has 0 aliphatic carbocycles. The number of hydrogen-bond donors (Lipinski definition) is 2. The van der Waals surface area contributed by atoms with Crippen LogP contribution in [0, 0.1) is 10.1 Å². The van der Waals surface area contributed by atoms with E-state index < -0.39 is 11.0 Å². The molecule has 0 radical (unpaired) electrons. The molecule has 1 rings (SSSR count). The monoisotopic (exact) mass is 282 g/mol. The molecule has 0 aliphatic rings. The SMILES string of the molecule is CCC(O)COc1ccc(CNC(C)C)cc1[N+](=O)[O-]. The van der Waals surface area contributed by atoms with Crippen LogP contribution >= 0.6 is 0 Å². The lowest BCUT2D eigenvalue weighted by molar-refractivity contribution is -0.386. The second kappa shape index (κ2) is 7.81. The lowest BCUT2D eigenvalue weighted by atomic mass is 10.1. The summed E-state index contributed by atoms with van der Waals surface area (Å²) < 4.78 is 5.32. The molecule has 0 saturated carbocycles.